The monoisotopic (exact) mass is 409 g/mol. The minimum atomic E-state index is 0.452. The van der Waals surface area contributed by atoms with Gasteiger partial charge < -0.3 is 14.7 Å². The highest BCUT2D eigenvalue weighted by atomic mass is 15.1. The number of hydrogen-bond acceptors (Lipinski definition) is 3. The molecule has 1 aliphatic rings. The van der Waals surface area contributed by atoms with E-state index in [0.717, 1.165) is 11.8 Å². The summed E-state index contributed by atoms with van der Waals surface area (Å²) < 4.78 is 0. The van der Waals surface area contributed by atoms with E-state index >= 15 is 0 Å². The maximum absolute atomic E-state index is 2.72. The summed E-state index contributed by atoms with van der Waals surface area (Å²) in [5.74, 6) is 1.83. The average Bonchev–Trinajstić information content (AvgIpc) is 3.03. The number of likely N-dealkylation sites (tertiary alicyclic amines) is 1. The predicted molar refractivity (Wildman–Crippen MR) is 131 cm³/mol. The molecule has 174 valence electrons. The van der Waals surface area contributed by atoms with Crippen molar-refractivity contribution in [2.45, 2.75) is 86.5 Å². The van der Waals surface area contributed by atoms with E-state index in [1.165, 1.54) is 84.2 Å². The highest BCUT2D eigenvalue weighted by molar-refractivity contribution is 4.78. The Kier molecular flexibility index (Phi) is 11.8. The number of rotatable bonds is 14. The molecule has 2 atom stereocenters. The topological polar surface area (TPSA) is 9.72 Å². The molecular weight excluding hydrogens is 354 g/mol. The molecule has 0 saturated carbocycles. The number of nitrogens with zero attached hydrogens (tertiary/aromatic N) is 3. The van der Waals surface area contributed by atoms with Gasteiger partial charge in [-0.25, -0.2) is 0 Å². The molecule has 1 saturated heterocycles. The van der Waals surface area contributed by atoms with Crippen molar-refractivity contribution in [3.05, 3.63) is 0 Å². The van der Waals surface area contributed by atoms with E-state index in [2.05, 4.69) is 77.4 Å². The molecule has 2 unspecified atom stereocenters. The third-order valence-corrected chi connectivity index (χ3v) is 6.93. The van der Waals surface area contributed by atoms with Crippen molar-refractivity contribution in [1.82, 2.24) is 14.7 Å². The molecule has 0 bridgehead atoms. The van der Waals surface area contributed by atoms with Gasteiger partial charge in [0.25, 0.3) is 0 Å². The van der Waals surface area contributed by atoms with E-state index in [1.807, 2.05) is 0 Å². The van der Waals surface area contributed by atoms with E-state index < -0.39 is 0 Å². The van der Waals surface area contributed by atoms with Gasteiger partial charge >= 0.3 is 0 Å². The predicted octanol–water partition coefficient (Wildman–Crippen LogP) is 5.85. The van der Waals surface area contributed by atoms with Crippen LogP contribution < -0.4 is 0 Å². The zero-order chi connectivity index (χ0) is 22.1. The van der Waals surface area contributed by atoms with Gasteiger partial charge in [-0.15, -0.1) is 0 Å². The zero-order valence-electron chi connectivity index (χ0n) is 21.7. The highest BCUT2D eigenvalue weighted by Gasteiger charge is 2.25. The van der Waals surface area contributed by atoms with Crippen LogP contribution >= 0.6 is 0 Å². The Morgan fingerprint density at radius 3 is 2.21 bits per heavy atom. The van der Waals surface area contributed by atoms with Gasteiger partial charge in [-0.3, -0.25) is 0 Å². The highest BCUT2D eigenvalue weighted by Crippen LogP contribution is 2.28. The van der Waals surface area contributed by atoms with Crippen LogP contribution in [0.3, 0.4) is 0 Å². The van der Waals surface area contributed by atoms with Gasteiger partial charge in [-0.05, 0) is 121 Å². The van der Waals surface area contributed by atoms with E-state index in [-0.39, 0.29) is 0 Å². The van der Waals surface area contributed by atoms with Crippen LogP contribution in [0.2, 0.25) is 0 Å². The molecular formula is C26H55N3. The van der Waals surface area contributed by atoms with Crippen molar-refractivity contribution >= 4 is 0 Å². The Bertz CT molecular complexity index is 424. The van der Waals surface area contributed by atoms with Gasteiger partial charge in [-0.1, -0.05) is 41.5 Å². The lowest BCUT2D eigenvalue weighted by Gasteiger charge is -2.29. The van der Waals surface area contributed by atoms with Crippen LogP contribution in [0.1, 0.15) is 86.5 Å². The third kappa shape index (κ3) is 13.7. The Morgan fingerprint density at radius 2 is 1.59 bits per heavy atom. The lowest BCUT2D eigenvalue weighted by atomic mass is 9.85. The molecule has 0 aromatic carbocycles. The lowest BCUT2D eigenvalue weighted by molar-refractivity contribution is 0.211. The Balaban J connectivity index is 2.13. The molecule has 0 spiro atoms. The minimum absolute atomic E-state index is 0.452. The largest absolute Gasteiger partial charge is 0.309 e. The fourth-order valence-corrected chi connectivity index (χ4v) is 4.46. The van der Waals surface area contributed by atoms with Crippen LogP contribution in [0.5, 0.6) is 0 Å². The Hall–Kier alpha value is -0.120. The molecule has 3 nitrogen and oxygen atoms in total. The van der Waals surface area contributed by atoms with Crippen LogP contribution in [0.4, 0.5) is 0 Å². The van der Waals surface area contributed by atoms with Gasteiger partial charge in [-0.2, -0.15) is 0 Å². The summed E-state index contributed by atoms with van der Waals surface area (Å²) in [4.78, 5) is 7.59. The lowest BCUT2D eigenvalue weighted by Crippen LogP contribution is -2.28. The summed E-state index contributed by atoms with van der Waals surface area (Å²) in [7, 11) is 6.67. The first kappa shape index (κ1) is 26.9. The Morgan fingerprint density at radius 1 is 0.931 bits per heavy atom. The van der Waals surface area contributed by atoms with Crippen LogP contribution in [-0.2, 0) is 0 Å². The fraction of sp³-hybridized carbons (Fsp3) is 1.00. The molecule has 1 fully saturated rings. The second-order valence-corrected chi connectivity index (χ2v) is 12.5. The van der Waals surface area contributed by atoms with E-state index in [9.17, 15) is 0 Å². The quantitative estimate of drug-likeness (QED) is 0.356. The molecule has 0 aromatic heterocycles. The summed E-state index contributed by atoms with van der Waals surface area (Å²) in [5.41, 5.74) is 0.923. The average molecular weight is 410 g/mol. The molecule has 0 aromatic rings. The van der Waals surface area contributed by atoms with Crippen LogP contribution in [0, 0.1) is 22.7 Å². The molecule has 0 N–H and O–H groups in total. The van der Waals surface area contributed by atoms with Crippen LogP contribution in [0.15, 0.2) is 0 Å². The van der Waals surface area contributed by atoms with Crippen molar-refractivity contribution in [2.75, 3.05) is 60.4 Å². The Labute approximate surface area is 184 Å². The molecule has 3 heteroatoms. The van der Waals surface area contributed by atoms with E-state index in [4.69, 9.17) is 0 Å². The maximum atomic E-state index is 2.72. The van der Waals surface area contributed by atoms with Crippen LogP contribution in [0.25, 0.3) is 0 Å². The molecule has 1 aliphatic heterocycles. The first-order chi connectivity index (χ1) is 13.4. The van der Waals surface area contributed by atoms with Gasteiger partial charge in [0.15, 0.2) is 0 Å². The third-order valence-electron chi connectivity index (χ3n) is 6.93. The van der Waals surface area contributed by atoms with Crippen molar-refractivity contribution in [3.63, 3.8) is 0 Å². The smallest absolute Gasteiger partial charge is 0.00102 e. The standard InChI is InChI=1S/C26H55N3/c1-23(21-24-12-17-29(22-24)20-13-25(2,3)4)11-10-16-28(9)19-15-26(5,6)14-18-27(7)8/h23-24H,10-22H2,1-9H3. The summed E-state index contributed by atoms with van der Waals surface area (Å²) in [5, 5.41) is 0. The molecule has 0 aliphatic carbocycles. The van der Waals surface area contributed by atoms with E-state index in [0.29, 0.717) is 10.8 Å². The first-order valence-electron chi connectivity index (χ1n) is 12.4. The van der Waals surface area contributed by atoms with Crippen molar-refractivity contribution < 1.29 is 0 Å². The van der Waals surface area contributed by atoms with Crippen molar-refractivity contribution in [2.24, 2.45) is 22.7 Å². The normalized spacial score (nSPS) is 20.2. The molecule has 1 heterocycles. The van der Waals surface area contributed by atoms with Crippen molar-refractivity contribution in [1.29, 1.82) is 0 Å². The SMILES string of the molecule is CC(CCCN(C)CCC(C)(C)CCN(C)C)CC1CCN(CCC(C)(C)C)C1. The molecule has 0 amide bonds. The maximum Gasteiger partial charge on any atom is 0.00102 e. The summed E-state index contributed by atoms with van der Waals surface area (Å²) in [6.45, 7) is 22.1. The fourth-order valence-electron chi connectivity index (χ4n) is 4.46. The zero-order valence-corrected chi connectivity index (χ0v) is 21.7. The summed E-state index contributed by atoms with van der Waals surface area (Å²) in [6, 6.07) is 0. The van der Waals surface area contributed by atoms with Gasteiger partial charge in [0.2, 0.25) is 0 Å². The first-order valence-corrected chi connectivity index (χ1v) is 12.4. The molecule has 0 radical (unpaired) electrons. The second kappa shape index (κ2) is 12.7. The summed E-state index contributed by atoms with van der Waals surface area (Å²) in [6.07, 6.45) is 9.54. The van der Waals surface area contributed by atoms with Crippen LogP contribution in [-0.4, -0.2) is 75.1 Å². The summed E-state index contributed by atoms with van der Waals surface area (Å²) >= 11 is 0. The number of hydrogen-bond donors (Lipinski definition) is 0. The van der Waals surface area contributed by atoms with Crippen molar-refractivity contribution in [3.8, 4) is 0 Å². The van der Waals surface area contributed by atoms with Gasteiger partial charge in [0.05, 0.1) is 0 Å². The second-order valence-electron chi connectivity index (χ2n) is 12.5. The van der Waals surface area contributed by atoms with Gasteiger partial charge in [0, 0.05) is 6.54 Å². The van der Waals surface area contributed by atoms with E-state index in [1.54, 1.807) is 0 Å². The molecule has 1 rings (SSSR count). The van der Waals surface area contributed by atoms with Gasteiger partial charge in [0.1, 0.15) is 0 Å². The molecule has 29 heavy (non-hydrogen) atoms. The minimum Gasteiger partial charge on any atom is -0.309 e.